The maximum atomic E-state index is 13.1. The normalized spacial score (nSPS) is 22.0. The molecule has 7 heteroatoms. The number of aromatic nitrogens is 1. The number of amides is 2. The van der Waals surface area contributed by atoms with Crippen molar-refractivity contribution < 1.29 is 14.3 Å². The van der Waals surface area contributed by atoms with Gasteiger partial charge in [-0.05, 0) is 53.4 Å². The highest BCUT2D eigenvalue weighted by Gasteiger charge is 2.31. The van der Waals surface area contributed by atoms with Crippen molar-refractivity contribution >= 4 is 11.8 Å². The molecule has 2 amide bonds. The molecule has 2 fully saturated rings. The van der Waals surface area contributed by atoms with Crippen LogP contribution in [0, 0.1) is 0 Å². The summed E-state index contributed by atoms with van der Waals surface area (Å²) < 4.78 is 7.49. The van der Waals surface area contributed by atoms with Gasteiger partial charge in [-0.15, -0.1) is 0 Å². The van der Waals surface area contributed by atoms with E-state index >= 15 is 0 Å². The van der Waals surface area contributed by atoms with Gasteiger partial charge in [0.2, 0.25) is 5.43 Å². The van der Waals surface area contributed by atoms with Gasteiger partial charge in [-0.2, -0.15) is 0 Å². The summed E-state index contributed by atoms with van der Waals surface area (Å²) >= 11 is 0. The molecule has 1 aliphatic heterocycles. The lowest BCUT2D eigenvalue weighted by Gasteiger charge is -2.35. The first-order valence-electron chi connectivity index (χ1n) is 11.7. The Morgan fingerprint density at radius 2 is 1.52 bits per heavy atom. The first kappa shape index (κ1) is 23.5. The van der Waals surface area contributed by atoms with Gasteiger partial charge in [0.1, 0.15) is 11.1 Å². The average molecular weight is 432 g/mol. The van der Waals surface area contributed by atoms with E-state index in [-0.39, 0.29) is 40.8 Å². The van der Waals surface area contributed by atoms with E-state index in [4.69, 9.17) is 4.74 Å². The zero-order valence-corrected chi connectivity index (χ0v) is 19.3. The fraction of sp³-hybridized carbons (Fsp3) is 0.708. The fourth-order valence-corrected chi connectivity index (χ4v) is 4.52. The van der Waals surface area contributed by atoms with E-state index in [2.05, 4.69) is 10.6 Å². The molecular weight excluding hydrogens is 394 g/mol. The maximum Gasteiger partial charge on any atom is 0.256 e. The Labute approximate surface area is 184 Å². The van der Waals surface area contributed by atoms with Crippen LogP contribution in [0.1, 0.15) is 106 Å². The zero-order valence-electron chi connectivity index (χ0n) is 19.3. The molecule has 1 aromatic heterocycles. The minimum Gasteiger partial charge on any atom is -0.375 e. The Bertz CT molecular complexity index is 851. The molecular formula is C24H37N3O4. The van der Waals surface area contributed by atoms with Crippen LogP contribution >= 0.6 is 0 Å². The lowest BCUT2D eigenvalue weighted by molar-refractivity contribution is -0.0615. The molecule has 2 aliphatic rings. The molecule has 2 heterocycles. The largest absolute Gasteiger partial charge is 0.375 e. The van der Waals surface area contributed by atoms with Crippen LogP contribution in [0.2, 0.25) is 0 Å². The zero-order chi connectivity index (χ0) is 22.6. The Morgan fingerprint density at radius 3 is 2.03 bits per heavy atom. The highest BCUT2D eigenvalue weighted by Crippen LogP contribution is 2.24. The van der Waals surface area contributed by atoms with Gasteiger partial charge in [0.05, 0.1) is 5.60 Å². The fourth-order valence-electron chi connectivity index (χ4n) is 4.52. The molecule has 31 heavy (non-hydrogen) atoms. The van der Waals surface area contributed by atoms with Gasteiger partial charge in [0.25, 0.3) is 11.8 Å². The van der Waals surface area contributed by atoms with E-state index in [1.807, 2.05) is 27.7 Å². The summed E-state index contributed by atoms with van der Waals surface area (Å²) in [5, 5.41) is 6.03. The quantitative estimate of drug-likeness (QED) is 0.698. The van der Waals surface area contributed by atoms with Crippen molar-refractivity contribution in [3.05, 3.63) is 33.7 Å². The second kappa shape index (κ2) is 9.98. The standard InChI is InChI=1S/C24H37N3O4/c1-16(2)27-14-19(22(29)25-17-9-7-5-6-8-10-17)21(28)20(15-27)23(30)26-18-11-12-31-24(3,4)13-18/h14-18H,5-13H2,1-4H3,(H,25,29)(H,26,30)/t18-/m0/s1. The number of hydrogen-bond acceptors (Lipinski definition) is 4. The van der Waals surface area contributed by atoms with Crippen LogP contribution in [0.5, 0.6) is 0 Å². The molecule has 7 nitrogen and oxygen atoms in total. The number of carbonyl (C=O) groups excluding carboxylic acids is 2. The summed E-state index contributed by atoms with van der Waals surface area (Å²) in [6.45, 7) is 8.48. The summed E-state index contributed by atoms with van der Waals surface area (Å²) in [6.07, 6.45) is 10.9. The predicted octanol–water partition coefficient (Wildman–Crippen LogP) is 3.57. The Morgan fingerprint density at radius 1 is 0.968 bits per heavy atom. The summed E-state index contributed by atoms with van der Waals surface area (Å²) in [6, 6.07) is 0.0362. The molecule has 0 spiro atoms. The lowest BCUT2D eigenvalue weighted by Crippen LogP contribution is -2.47. The molecule has 1 atom stereocenters. The number of nitrogens with zero attached hydrogens (tertiary/aromatic N) is 1. The molecule has 1 aliphatic carbocycles. The smallest absolute Gasteiger partial charge is 0.256 e. The molecule has 0 aromatic carbocycles. The van der Waals surface area contributed by atoms with Crippen LogP contribution in [0.25, 0.3) is 0 Å². The predicted molar refractivity (Wildman–Crippen MR) is 121 cm³/mol. The Balaban J connectivity index is 1.83. The van der Waals surface area contributed by atoms with Crippen LogP contribution in [-0.2, 0) is 4.74 Å². The third-order valence-electron chi connectivity index (χ3n) is 6.35. The molecule has 172 valence electrons. The van der Waals surface area contributed by atoms with Crippen molar-refractivity contribution in [1.29, 1.82) is 0 Å². The van der Waals surface area contributed by atoms with Gasteiger partial charge in [-0.25, -0.2) is 0 Å². The van der Waals surface area contributed by atoms with E-state index in [0.717, 1.165) is 25.7 Å². The second-order valence-corrected chi connectivity index (χ2v) is 9.89. The highest BCUT2D eigenvalue weighted by atomic mass is 16.5. The Kier molecular flexibility index (Phi) is 7.57. The van der Waals surface area contributed by atoms with Gasteiger partial charge in [-0.3, -0.25) is 14.4 Å². The van der Waals surface area contributed by atoms with Crippen LogP contribution in [0.3, 0.4) is 0 Å². The Hall–Kier alpha value is -2.15. The number of pyridine rings is 1. The topological polar surface area (TPSA) is 89.4 Å². The molecule has 1 aromatic rings. The molecule has 0 bridgehead atoms. The van der Waals surface area contributed by atoms with Crippen LogP contribution in [0.4, 0.5) is 0 Å². The molecule has 0 radical (unpaired) electrons. The van der Waals surface area contributed by atoms with Gasteiger partial charge in [0.15, 0.2) is 0 Å². The number of carbonyl (C=O) groups is 2. The van der Waals surface area contributed by atoms with E-state index in [1.165, 1.54) is 12.8 Å². The third kappa shape index (κ3) is 6.19. The maximum absolute atomic E-state index is 13.1. The molecule has 2 N–H and O–H groups in total. The highest BCUT2D eigenvalue weighted by molar-refractivity contribution is 5.99. The summed E-state index contributed by atoms with van der Waals surface area (Å²) in [4.78, 5) is 39.2. The van der Waals surface area contributed by atoms with Gasteiger partial charge in [0, 0.05) is 37.1 Å². The first-order chi connectivity index (χ1) is 14.7. The number of ether oxygens (including phenoxy) is 1. The van der Waals surface area contributed by atoms with Gasteiger partial charge in [-0.1, -0.05) is 25.7 Å². The van der Waals surface area contributed by atoms with E-state index in [9.17, 15) is 14.4 Å². The van der Waals surface area contributed by atoms with Crippen molar-refractivity contribution in [3.63, 3.8) is 0 Å². The van der Waals surface area contributed by atoms with Gasteiger partial charge < -0.3 is 19.9 Å². The third-order valence-corrected chi connectivity index (χ3v) is 6.35. The van der Waals surface area contributed by atoms with E-state index < -0.39 is 11.3 Å². The van der Waals surface area contributed by atoms with Crippen molar-refractivity contribution in [2.24, 2.45) is 0 Å². The summed E-state index contributed by atoms with van der Waals surface area (Å²) in [5.41, 5.74) is -0.759. The number of nitrogens with one attached hydrogen (secondary N) is 2. The van der Waals surface area contributed by atoms with Crippen LogP contribution < -0.4 is 16.1 Å². The van der Waals surface area contributed by atoms with Crippen molar-refractivity contribution in [2.45, 2.75) is 103 Å². The number of rotatable bonds is 5. The molecule has 0 unspecified atom stereocenters. The molecule has 1 saturated heterocycles. The van der Waals surface area contributed by atoms with E-state index in [1.54, 1.807) is 17.0 Å². The van der Waals surface area contributed by atoms with Crippen LogP contribution in [-0.4, -0.2) is 40.7 Å². The summed E-state index contributed by atoms with van der Waals surface area (Å²) in [7, 11) is 0. The van der Waals surface area contributed by atoms with Crippen LogP contribution in [0.15, 0.2) is 17.2 Å². The van der Waals surface area contributed by atoms with Crippen molar-refractivity contribution in [1.82, 2.24) is 15.2 Å². The lowest BCUT2D eigenvalue weighted by atomic mass is 9.93. The SMILES string of the molecule is CC(C)n1cc(C(=O)NC2CCCCCC2)c(=O)c(C(=O)N[C@H]2CCOC(C)(C)C2)c1. The van der Waals surface area contributed by atoms with E-state index in [0.29, 0.717) is 19.4 Å². The molecule has 1 saturated carbocycles. The molecule has 3 rings (SSSR count). The van der Waals surface area contributed by atoms with Gasteiger partial charge >= 0.3 is 0 Å². The minimum atomic E-state index is -0.508. The van der Waals surface area contributed by atoms with Crippen molar-refractivity contribution in [2.75, 3.05) is 6.61 Å². The first-order valence-corrected chi connectivity index (χ1v) is 11.7. The second-order valence-electron chi connectivity index (χ2n) is 9.89. The summed E-state index contributed by atoms with van der Waals surface area (Å²) in [5.74, 6) is -0.806. The minimum absolute atomic E-state index is 0.0126. The number of hydrogen-bond donors (Lipinski definition) is 2. The average Bonchev–Trinajstić information content (AvgIpc) is 2.95. The van der Waals surface area contributed by atoms with Crippen molar-refractivity contribution in [3.8, 4) is 0 Å². The monoisotopic (exact) mass is 431 g/mol.